The molecule has 0 saturated carbocycles. The minimum Gasteiger partial charge on any atom is -0.481 e. The maximum atomic E-state index is 10.3. The zero-order chi connectivity index (χ0) is 9.14. The molecule has 0 saturated heterocycles. The smallest absolute Gasteiger partial charge is 0.307 e. The van der Waals surface area contributed by atoms with Gasteiger partial charge >= 0.3 is 5.97 Å². The van der Waals surface area contributed by atoms with Crippen molar-refractivity contribution in [2.24, 2.45) is 10.9 Å². The lowest BCUT2D eigenvalue weighted by molar-refractivity contribution is -0.138. The van der Waals surface area contributed by atoms with Crippen molar-refractivity contribution in [1.82, 2.24) is 0 Å². The molecule has 1 heterocycles. The lowest BCUT2D eigenvalue weighted by atomic mass is 10.2. The average molecular weight is 171 g/mol. The van der Waals surface area contributed by atoms with Crippen molar-refractivity contribution in [3.63, 3.8) is 0 Å². The minimum atomic E-state index is -0.833. The van der Waals surface area contributed by atoms with Crippen LogP contribution in [0.2, 0.25) is 0 Å². The van der Waals surface area contributed by atoms with E-state index in [1.807, 2.05) is 13.8 Å². The predicted molar refractivity (Wildman–Crippen MR) is 44.3 cm³/mol. The van der Waals surface area contributed by atoms with E-state index in [0.29, 0.717) is 12.4 Å². The van der Waals surface area contributed by atoms with Gasteiger partial charge in [-0.05, 0) is 0 Å². The summed E-state index contributed by atoms with van der Waals surface area (Å²) in [4.78, 5) is 14.4. The summed E-state index contributed by atoms with van der Waals surface area (Å²) in [6.45, 7) is 4.43. The van der Waals surface area contributed by atoms with E-state index >= 15 is 0 Å². The van der Waals surface area contributed by atoms with E-state index < -0.39 is 5.97 Å². The molecule has 4 nitrogen and oxygen atoms in total. The Morgan fingerprint density at radius 2 is 2.50 bits per heavy atom. The number of carbonyl (C=O) groups is 1. The quantitative estimate of drug-likeness (QED) is 0.686. The summed E-state index contributed by atoms with van der Waals surface area (Å²) in [5.74, 6) is 0.102. The Kier molecular flexibility index (Phi) is 2.68. The second-order valence-electron chi connectivity index (χ2n) is 3.17. The zero-order valence-corrected chi connectivity index (χ0v) is 7.28. The molecular weight excluding hydrogens is 158 g/mol. The number of aliphatic imine (C=N–C) groups is 1. The number of ether oxygens (including phenoxy) is 1. The average Bonchev–Trinajstić information content (AvgIpc) is 2.34. The number of hydrogen-bond donors (Lipinski definition) is 1. The summed E-state index contributed by atoms with van der Waals surface area (Å²) in [6.07, 6.45) is -0.209. The van der Waals surface area contributed by atoms with E-state index in [2.05, 4.69) is 4.99 Å². The lowest BCUT2D eigenvalue weighted by Crippen LogP contribution is -2.19. The zero-order valence-electron chi connectivity index (χ0n) is 7.28. The Balaban J connectivity index is 2.36. The first-order chi connectivity index (χ1) is 5.59. The third-order valence-electron chi connectivity index (χ3n) is 1.63. The largest absolute Gasteiger partial charge is 0.481 e. The molecular formula is C8H13NO3. The minimum absolute atomic E-state index is 0.0414. The van der Waals surface area contributed by atoms with Crippen LogP contribution in [-0.2, 0) is 9.53 Å². The Morgan fingerprint density at radius 1 is 1.83 bits per heavy atom. The lowest BCUT2D eigenvalue weighted by Gasteiger charge is -2.09. The van der Waals surface area contributed by atoms with Gasteiger partial charge in [-0.15, -0.1) is 0 Å². The number of nitrogens with zero attached hydrogens (tertiary/aromatic N) is 1. The van der Waals surface area contributed by atoms with E-state index in [9.17, 15) is 4.79 Å². The fourth-order valence-corrected chi connectivity index (χ4v) is 1.06. The van der Waals surface area contributed by atoms with E-state index in [0.717, 1.165) is 0 Å². The highest BCUT2D eigenvalue weighted by molar-refractivity contribution is 5.80. The first-order valence-electron chi connectivity index (χ1n) is 4.02. The maximum absolute atomic E-state index is 10.3. The second kappa shape index (κ2) is 3.56. The molecule has 0 aromatic heterocycles. The van der Waals surface area contributed by atoms with Crippen LogP contribution >= 0.6 is 0 Å². The first kappa shape index (κ1) is 9.03. The van der Waals surface area contributed by atoms with Crippen LogP contribution in [0.4, 0.5) is 0 Å². The van der Waals surface area contributed by atoms with E-state index in [-0.39, 0.29) is 18.4 Å². The monoisotopic (exact) mass is 171 g/mol. The topological polar surface area (TPSA) is 58.9 Å². The molecule has 0 aromatic carbocycles. The highest BCUT2D eigenvalue weighted by Crippen LogP contribution is 2.13. The van der Waals surface area contributed by atoms with Crippen LogP contribution in [0.5, 0.6) is 0 Å². The van der Waals surface area contributed by atoms with Gasteiger partial charge in [-0.1, -0.05) is 13.8 Å². The molecule has 1 atom stereocenters. The summed E-state index contributed by atoms with van der Waals surface area (Å²) >= 11 is 0. The molecule has 1 aliphatic heterocycles. The Morgan fingerprint density at radius 3 is 2.92 bits per heavy atom. The summed E-state index contributed by atoms with van der Waals surface area (Å²) in [7, 11) is 0. The van der Waals surface area contributed by atoms with Gasteiger partial charge in [0.1, 0.15) is 6.10 Å². The first-order valence-corrected chi connectivity index (χ1v) is 4.02. The van der Waals surface area contributed by atoms with Crippen LogP contribution in [0.3, 0.4) is 0 Å². The number of carboxylic acid groups (broad SMARTS) is 1. The molecule has 4 heteroatoms. The molecule has 0 radical (unpaired) electrons. The number of aliphatic carboxylic acids is 1. The second-order valence-corrected chi connectivity index (χ2v) is 3.17. The van der Waals surface area contributed by atoms with Gasteiger partial charge in [0.05, 0.1) is 13.0 Å². The highest BCUT2D eigenvalue weighted by atomic mass is 16.5. The van der Waals surface area contributed by atoms with E-state index in [1.54, 1.807) is 0 Å². The Labute approximate surface area is 71.3 Å². The van der Waals surface area contributed by atoms with E-state index in [4.69, 9.17) is 9.84 Å². The normalized spacial score (nSPS) is 22.2. The fraction of sp³-hybridized carbons (Fsp3) is 0.750. The number of rotatable bonds is 3. The molecule has 1 N–H and O–H groups in total. The molecule has 1 rings (SSSR count). The van der Waals surface area contributed by atoms with Crippen molar-refractivity contribution in [2.45, 2.75) is 26.4 Å². The van der Waals surface area contributed by atoms with Crippen molar-refractivity contribution in [2.75, 3.05) is 6.54 Å². The fourth-order valence-electron chi connectivity index (χ4n) is 1.06. The van der Waals surface area contributed by atoms with Crippen molar-refractivity contribution >= 4 is 11.9 Å². The molecule has 0 aromatic rings. The molecule has 12 heavy (non-hydrogen) atoms. The third kappa shape index (κ3) is 2.22. The summed E-state index contributed by atoms with van der Waals surface area (Å²) in [6, 6.07) is 0. The summed E-state index contributed by atoms with van der Waals surface area (Å²) in [5.41, 5.74) is 0. The van der Waals surface area contributed by atoms with Crippen LogP contribution in [0.1, 0.15) is 20.3 Å². The van der Waals surface area contributed by atoms with Crippen LogP contribution in [-0.4, -0.2) is 29.6 Å². The molecule has 1 aliphatic rings. The maximum Gasteiger partial charge on any atom is 0.307 e. The van der Waals surface area contributed by atoms with Crippen LogP contribution in [0.25, 0.3) is 0 Å². The van der Waals surface area contributed by atoms with Crippen molar-refractivity contribution < 1.29 is 14.6 Å². The van der Waals surface area contributed by atoms with Gasteiger partial charge in [0.2, 0.25) is 0 Å². The molecule has 1 unspecified atom stereocenters. The standard InChI is InChI=1S/C8H13NO3/c1-5(2)8-9-4-6(12-8)3-7(10)11/h5-6H,3-4H2,1-2H3,(H,10,11). The van der Waals surface area contributed by atoms with Gasteiger partial charge < -0.3 is 9.84 Å². The molecule has 0 fully saturated rings. The van der Waals surface area contributed by atoms with Crippen molar-refractivity contribution in [1.29, 1.82) is 0 Å². The third-order valence-corrected chi connectivity index (χ3v) is 1.63. The number of carboxylic acids is 1. The molecule has 0 aliphatic carbocycles. The number of hydrogen-bond acceptors (Lipinski definition) is 3. The van der Waals surface area contributed by atoms with Gasteiger partial charge in [0.15, 0.2) is 5.90 Å². The van der Waals surface area contributed by atoms with E-state index in [1.165, 1.54) is 0 Å². The highest BCUT2D eigenvalue weighted by Gasteiger charge is 2.23. The Bertz CT molecular complexity index is 210. The Hall–Kier alpha value is -1.06. The summed E-state index contributed by atoms with van der Waals surface area (Å²) in [5, 5.41) is 8.47. The SMILES string of the molecule is CC(C)C1=NCC(CC(=O)O)O1. The van der Waals surface area contributed by atoms with Gasteiger partial charge in [-0.3, -0.25) is 9.79 Å². The molecule has 68 valence electrons. The van der Waals surface area contributed by atoms with Crippen LogP contribution in [0.15, 0.2) is 4.99 Å². The van der Waals surface area contributed by atoms with Crippen LogP contribution < -0.4 is 0 Å². The van der Waals surface area contributed by atoms with Gasteiger partial charge in [-0.2, -0.15) is 0 Å². The molecule has 0 amide bonds. The van der Waals surface area contributed by atoms with Gasteiger partial charge in [-0.25, -0.2) is 0 Å². The van der Waals surface area contributed by atoms with Gasteiger partial charge in [0, 0.05) is 5.92 Å². The molecule has 0 bridgehead atoms. The van der Waals surface area contributed by atoms with Gasteiger partial charge in [0.25, 0.3) is 0 Å². The van der Waals surface area contributed by atoms with Crippen LogP contribution in [0, 0.1) is 5.92 Å². The predicted octanol–water partition coefficient (Wildman–Crippen LogP) is 0.914. The molecule has 0 spiro atoms. The van der Waals surface area contributed by atoms with Crippen molar-refractivity contribution in [3.8, 4) is 0 Å². The summed E-state index contributed by atoms with van der Waals surface area (Å²) < 4.78 is 5.30. The van der Waals surface area contributed by atoms with Crippen molar-refractivity contribution in [3.05, 3.63) is 0 Å².